The van der Waals surface area contributed by atoms with E-state index in [1.165, 1.54) is 81.4 Å². The van der Waals surface area contributed by atoms with Crippen molar-refractivity contribution in [3.8, 4) is 16.9 Å². The van der Waals surface area contributed by atoms with Crippen LogP contribution in [0.25, 0.3) is 11.1 Å². The van der Waals surface area contributed by atoms with Gasteiger partial charge < -0.3 is 4.74 Å². The molecule has 0 aromatic heterocycles. The lowest BCUT2D eigenvalue weighted by Gasteiger charge is -2.54. The van der Waals surface area contributed by atoms with Crippen molar-refractivity contribution in [3.63, 3.8) is 0 Å². The Hall–Kier alpha value is -2.35. The zero-order valence-electron chi connectivity index (χ0n) is 20.6. The van der Waals surface area contributed by atoms with Crippen LogP contribution in [-0.2, 0) is 10.2 Å². The van der Waals surface area contributed by atoms with Gasteiger partial charge >= 0.3 is 5.97 Å². The van der Waals surface area contributed by atoms with Gasteiger partial charge in [-0.2, -0.15) is 0 Å². The van der Waals surface area contributed by atoms with Crippen molar-refractivity contribution >= 4 is 5.97 Å². The minimum absolute atomic E-state index is 0.311. The van der Waals surface area contributed by atoms with Crippen molar-refractivity contribution in [1.29, 1.82) is 0 Å². The Labute approximate surface area is 200 Å². The molecule has 0 spiro atoms. The van der Waals surface area contributed by atoms with Gasteiger partial charge in [0.25, 0.3) is 0 Å². The Bertz CT molecular complexity index is 911. The van der Waals surface area contributed by atoms with E-state index >= 15 is 0 Å². The molecule has 176 valence electrons. The van der Waals surface area contributed by atoms with Crippen LogP contribution in [0.15, 0.2) is 60.7 Å². The summed E-state index contributed by atoms with van der Waals surface area (Å²) in [6.07, 6.45) is 19.3. The number of hydrogen-bond donors (Lipinski definition) is 0. The summed E-state index contributed by atoms with van der Waals surface area (Å²) in [5.41, 5.74) is 4.99. The first-order chi connectivity index (χ1) is 16.1. The summed E-state index contributed by atoms with van der Waals surface area (Å²) in [5.74, 6) is 0.279. The van der Waals surface area contributed by atoms with E-state index in [0.29, 0.717) is 16.6 Å². The number of hydrogen-bond acceptors (Lipinski definition) is 2. The average molecular weight is 445 g/mol. The van der Waals surface area contributed by atoms with Gasteiger partial charge in [-0.25, -0.2) is 4.79 Å². The topological polar surface area (TPSA) is 26.3 Å². The van der Waals surface area contributed by atoms with Crippen LogP contribution in [0.1, 0.15) is 96.5 Å². The van der Waals surface area contributed by atoms with E-state index < -0.39 is 0 Å². The van der Waals surface area contributed by atoms with Crippen molar-refractivity contribution in [1.82, 2.24) is 0 Å². The van der Waals surface area contributed by atoms with Gasteiger partial charge in [-0.05, 0) is 91.0 Å². The molecule has 0 heterocycles. The van der Waals surface area contributed by atoms with Crippen molar-refractivity contribution in [3.05, 3.63) is 66.2 Å². The summed E-state index contributed by atoms with van der Waals surface area (Å²) in [6, 6.07) is 17.1. The van der Waals surface area contributed by atoms with Crippen LogP contribution < -0.4 is 4.74 Å². The molecule has 2 nitrogen and oxygen atoms in total. The molecular weight excluding hydrogens is 404 g/mol. The van der Waals surface area contributed by atoms with E-state index in [4.69, 9.17) is 4.74 Å². The van der Waals surface area contributed by atoms with Crippen LogP contribution in [0.2, 0.25) is 0 Å². The van der Waals surface area contributed by atoms with Crippen LogP contribution in [0.3, 0.4) is 0 Å². The maximum absolute atomic E-state index is 11.9. The molecule has 3 fully saturated rings. The predicted molar refractivity (Wildman–Crippen MR) is 138 cm³/mol. The number of esters is 1. The highest BCUT2D eigenvalue weighted by atomic mass is 16.5. The van der Waals surface area contributed by atoms with Crippen molar-refractivity contribution < 1.29 is 9.53 Å². The third-order valence-electron chi connectivity index (χ3n) is 8.32. The Morgan fingerprint density at radius 1 is 0.818 bits per heavy atom. The molecule has 0 radical (unpaired) electrons. The Kier molecular flexibility index (Phi) is 7.73. The number of fused-ring (bicyclic) bond motifs is 3. The summed E-state index contributed by atoms with van der Waals surface area (Å²) in [6.45, 7) is 4.40. The highest BCUT2D eigenvalue weighted by Gasteiger charge is 2.48. The molecule has 0 amide bonds. The molecular formula is C31H40O2. The first-order valence-corrected chi connectivity index (χ1v) is 13.2. The molecule has 5 rings (SSSR count). The van der Waals surface area contributed by atoms with Crippen LogP contribution >= 0.6 is 0 Å². The van der Waals surface area contributed by atoms with E-state index in [1.807, 2.05) is 30.3 Å². The summed E-state index contributed by atoms with van der Waals surface area (Å²) >= 11 is 0. The zero-order valence-corrected chi connectivity index (χ0v) is 20.6. The summed E-state index contributed by atoms with van der Waals surface area (Å²) in [5, 5.41) is 0. The molecule has 3 saturated carbocycles. The number of ether oxygens (including phenoxy) is 1. The highest BCUT2D eigenvalue weighted by molar-refractivity contribution is 5.84. The van der Waals surface area contributed by atoms with Crippen LogP contribution in [0.5, 0.6) is 5.75 Å². The molecule has 33 heavy (non-hydrogen) atoms. The number of allylic oxidation sites excluding steroid dienone is 1. The van der Waals surface area contributed by atoms with E-state index in [2.05, 4.69) is 38.1 Å². The molecule has 2 aromatic carbocycles. The average Bonchev–Trinajstić information content (AvgIpc) is 2.86. The number of benzene rings is 2. The fourth-order valence-electron chi connectivity index (χ4n) is 6.05. The SMILES string of the molecule is CCC/C=C/C(=O)Oc1ccc(-c2ccc(C34CCC(CCCCC)(CC3)CC4)cc2)cc1. The van der Waals surface area contributed by atoms with Gasteiger partial charge in [0.05, 0.1) is 0 Å². The second kappa shape index (κ2) is 10.7. The van der Waals surface area contributed by atoms with Gasteiger partial charge in [0.2, 0.25) is 0 Å². The lowest BCUT2D eigenvalue weighted by Crippen LogP contribution is -2.44. The van der Waals surface area contributed by atoms with Crippen LogP contribution in [0.4, 0.5) is 0 Å². The third-order valence-corrected chi connectivity index (χ3v) is 8.32. The van der Waals surface area contributed by atoms with E-state index in [1.54, 1.807) is 0 Å². The normalized spacial score (nSPS) is 24.3. The standard InChI is InChI=1S/C31H40O2/c1-3-5-7-9-29(32)33-28-16-12-26(13-17-28)25-10-14-27(15-11-25)31-22-19-30(20-23-31,21-24-31)18-8-6-4-2/h7,9-17H,3-6,8,18-24H2,1-2H3/b9-7+. The molecule has 0 N–H and O–H groups in total. The van der Waals surface area contributed by atoms with Crippen LogP contribution in [0, 0.1) is 5.41 Å². The molecule has 2 aromatic rings. The predicted octanol–water partition coefficient (Wildman–Crippen LogP) is 8.79. The smallest absolute Gasteiger partial charge is 0.335 e. The summed E-state index contributed by atoms with van der Waals surface area (Å²) in [4.78, 5) is 11.9. The maximum Gasteiger partial charge on any atom is 0.335 e. The first kappa shape index (κ1) is 23.8. The minimum Gasteiger partial charge on any atom is -0.423 e. The van der Waals surface area contributed by atoms with Gasteiger partial charge in [0.1, 0.15) is 5.75 Å². The minimum atomic E-state index is -0.311. The number of carbonyl (C=O) groups is 1. The largest absolute Gasteiger partial charge is 0.423 e. The molecule has 2 heteroatoms. The Balaban J connectivity index is 1.37. The quantitative estimate of drug-likeness (QED) is 0.158. The van der Waals surface area contributed by atoms with E-state index in [0.717, 1.165) is 18.4 Å². The van der Waals surface area contributed by atoms with Gasteiger partial charge in [0.15, 0.2) is 0 Å². The van der Waals surface area contributed by atoms with Gasteiger partial charge in [-0.15, -0.1) is 0 Å². The lowest BCUT2D eigenvalue weighted by atomic mass is 9.51. The van der Waals surface area contributed by atoms with Crippen molar-refractivity contribution in [2.75, 3.05) is 0 Å². The second-order valence-electron chi connectivity index (χ2n) is 10.5. The second-order valence-corrected chi connectivity index (χ2v) is 10.5. The molecule has 3 aliphatic carbocycles. The molecule has 0 unspecified atom stereocenters. The molecule has 0 aliphatic heterocycles. The number of unbranched alkanes of at least 4 members (excludes halogenated alkanes) is 3. The molecule has 0 atom stereocenters. The molecule has 0 saturated heterocycles. The van der Waals surface area contributed by atoms with Gasteiger partial charge in [-0.1, -0.05) is 82.0 Å². The summed E-state index contributed by atoms with van der Waals surface area (Å²) < 4.78 is 5.40. The lowest BCUT2D eigenvalue weighted by molar-refractivity contribution is -0.129. The van der Waals surface area contributed by atoms with Gasteiger partial charge in [-0.3, -0.25) is 0 Å². The van der Waals surface area contributed by atoms with Crippen molar-refractivity contribution in [2.24, 2.45) is 5.41 Å². The van der Waals surface area contributed by atoms with E-state index in [-0.39, 0.29) is 5.97 Å². The van der Waals surface area contributed by atoms with E-state index in [9.17, 15) is 4.79 Å². The molecule has 3 aliphatic rings. The number of rotatable bonds is 10. The van der Waals surface area contributed by atoms with Crippen LogP contribution in [-0.4, -0.2) is 5.97 Å². The Morgan fingerprint density at radius 2 is 1.42 bits per heavy atom. The number of carbonyl (C=O) groups excluding carboxylic acids is 1. The monoisotopic (exact) mass is 444 g/mol. The fraction of sp³-hybridized carbons (Fsp3) is 0.516. The summed E-state index contributed by atoms with van der Waals surface area (Å²) in [7, 11) is 0. The Morgan fingerprint density at radius 3 is 2.00 bits per heavy atom. The first-order valence-electron chi connectivity index (χ1n) is 13.2. The van der Waals surface area contributed by atoms with Gasteiger partial charge in [0, 0.05) is 6.08 Å². The molecule has 2 bridgehead atoms. The third kappa shape index (κ3) is 5.60. The fourth-order valence-corrected chi connectivity index (χ4v) is 6.05. The maximum atomic E-state index is 11.9. The van der Waals surface area contributed by atoms with Crippen molar-refractivity contribution in [2.45, 2.75) is 96.3 Å². The zero-order chi connectivity index (χ0) is 23.2. The highest BCUT2D eigenvalue weighted by Crippen LogP contribution is 2.59.